The molecule has 0 unspecified atom stereocenters. The number of rotatable bonds is 5. The summed E-state index contributed by atoms with van der Waals surface area (Å²) in [4.78, 5) is 24.2. The van der Waals surface area contributed by atoms with Crippen LogP contribution in [0.2, 0.25) is 0 Å². The monoisotopic (exact) mass is 342 g/mol. The zero-order valence-electron chi connectivity index (χ0n) is 14.9. The molecule has 0 aliphatic heterocycles. The molecule has 1 aromatic carbocycles. The Labute approximate surface area is 148 Å². The third kappa shape index (κ3) is 4.03. The minimum atomic E-state index is 0.0308. The lowest BCUT2D eigenvalue weighted by atomic mass is 9.85. The molecule has 0 aromatic heterocycles. The second-order valence-corrected chi connectivity index (χ2v) is 6.91. The van der Waals surface area contributed by atoms with Crippen LogP contribution >= 0.6 is 0 Å². The standard InChI is InChI=1S/C20H26N2O3/c1-13-16(11-12-18(13)23)21-15-9-7-14(8-10-15)20(24)22-17-5-3-4-6-19(17)25-2/h3-6,14-15,21H,7-12H2,1-2H3,(H,22,24). The van der Waals surface area contributed by atoms with Gasteiger partial charge in [0, 0.05) is 29.7 Å². The van der Waals surface area contributed by atoms with E-state index < -0.39 is 0 Å². The fraction of sp³-hybridized carbons (Fsp3) is 0.500. The highest BCUT2D eigenvalue weighted by Crippen LogP contribution is 2.30. The maximum Gasteiger partial charge on any atom is 0.227 e. The number of Topliss-reactive ketones (excluding diaryl/α,β-unsaturated/α-hetero) is 1. The summed E-state index contributed by atoms with van der Waals surface area (Å²) in [5.74, 6) is 1.03. The zero-order chi connectivity index (χ0) is 17.8. The Balaban J connectivity index is 1.52. The highest BCUT2D eigenvalue weighted by atomic mass is 16.5. The van der Waals surface area contributed by atoms with Crippen LogP contribution in [-0.4, -0.2) is 24.8 Å². The van der Waals surface area contributed by atoms with Crippen molar-refractivity contribution in [3.05, 3.63) is 35.5 Å². The van der Waals surface area contributed by atoms with Crippen molar-refractivity contribution in [2.75, 3.05) is 12.4 Å². The van der Waals surface area contributed by atoms with Crippen LogP contribution in [0.5, 0.6) is 5.75 Å². The van der Waals surface area contributed by atoms with Crippen LogP contribution in [0.4, 0.5) is 5.69 Å². The Bertz CT molecular complexity index is 688. The quantitative estimate of drug-likeness (QED) is 0.860. The van der Waals surface area contributed by atoms with Gasteiger partial charge in [-0.2, -0.15) is 0 Å². The van der Waals surface area contributed by atoms with Crippen molar-refractivity contribution >= 4 is 17.4 Å². The van der Waals surface area contributed by atoms with Gasteiger partial charge in [0.1, 0.15) is 5.75 Å². The van der Waals surface area contributed by atoms with Crippen molar-refractivity contribution < 1.29 is 14.3 Å². The molecule has 1 aromatic rings. The molecule has 2 aliphatic rings. The van der Waals surface area contributed by atoms with Gasteiger partial charge in [-0.1, -0.05) is 12.1 Å². The summed E-state index contributed by atoms with van der Waals surface area (Å²) in [6.07, 6.45) is 5.09. The Morgan fingerprint density at radius 2 is 1.84 bits per heavy atom. The molecule has 0 radical (unpaired) electrons. The average Bonchev–Trinajstić information content (AvgIpc) is 2.95. The first-order valence-electron chi connectivity index (χ1n) is 9.02. The number of hydrogen-bond donors (Lipinski definition) is 2. The summed E-state index contributed by atoms with van der Waals surface area (Å²) < 4.78 is 5.29. The second kappa shape index (κ2) is 7.72. The third-order valence-corrected chi connectivity index (χ3v) is 5.31. The number of ether oxygens (including phenoxy) is 1. The van der Waals surface area contributed by atoms with Crippen LogP contribution in [0, 0.1) is 5.92 Å². The lowest BCUT2D eigenvalue weighted by Gasteiger charge is -2.29. The number of nitrogens with one attached hydrogen (secondary N) is 2. The van der Waals surface area contributed by atoms with Gasteiger partial charge < -0.3 is 15.4 Å². The molecule has 0 saturated heterocycles. The number of hydrogen-bond acceptors (Lipinski definition) is 4. The lowest BCUT2D eigenvalue weighted by Crippen LogP contribution is -2.36. The van der Waals surface area contributed by atoms with E-state index in [1.54, 1.807) is 7.11 Å². The van der Waals surface area contributed by atoms with Crippen LogP contribution in [0.3, 0.4) is 0 Å². The van der Waals surface area contributed by atoms with Gasteiger partial charge in [-0.15, -0.1) is 0 Å². The molecule has 0 heterocycles. The number of carbonyl (C=O) groups excluding carboxylic acids is 2. The predicted molar refractivity (Wildman–Crippen MR) is 97.4 cm³/mol. The number of allylic oxidation sites excluding steroid dienone is 2. The van der Waals surface area contributed by atoms with Crippen molar-refractivity contribution in [1.29, 1.82) is 0 Å². The molecule has 2 N–H and O–H groups in total. The highest BCUT2D eigenvalue weighted by molar-refractivity contribution is 5.98. The maximum absolute atomic E-state index is 12.5. The molecule has 0 atom stereocenters. The van der Waals surface area contributed by atoms with Crippen molar-refractivity contribution in [1.82, 2.24) is 5.32 Å². The lowest BCUT2D eigenvalue weighted by molar-refractivity contribution is -0.121. The van der Waals surface area contributed by atoms with Gasteiger partial charge >= 0.3 is 0 Å². The molecule has 5 nitrogen and oxygen atoms in total. The molecule has 1 saturated carbocycles. The summed E-state index contributed by atoms with van der Waals surface area (Å²) in [6.45, 7) is 1.91. The van der Waals surface area contributed by atoms with Gasteiger partial charge in [0.15, 0.2) is 5.78 Å². The molecule has 134 valence electrons. The predicted octanol–water partition coefficient (Wildman–Crippen LogP) is 3.42. The summed E-state index contributed by atoms with van der Waals surface area (Å²) in [5, 5.41) is 6.53. The first-order chi connectivity index (χ1) is 12.1. The fourth-order valence-corrected chi connectivity index (χ4v) is 3.69. The van der Waals surface area contributed by atoms with Gasteiger partial charge in [0.25, 0.3) is 0 Å². The van der Waals surface area contributed by atoms with Crippen LogP contribution < -0.4 is 15.4 Å². The minimum Gasteiger partial charge on any atom is -0.495 e. The van der Waals surface area contributed by atoms with Crippen LogP contribution in [0.15, 0.2) is 35.5 Å². The number of carbonyl (C=O) groups is 2. The van der Waals surface area contributed by atoms with E-state index >= 15 is 0 Å². The molecule has 1 amide bonds. The van der Waals surface area contributed by atoms with Gasteiger partial charge in [-0.25, -0.2) is 0 Å². The average molecular weight is 342 g/mol. The summed E-state index contributed by atoms with van der Waals surface area (Å²) in [7, 11) is 1.60. The number of methoxy groups -OCH3 is 1. The summed E-state index contributed by atoms with van der Waals surface area (Å²) in [5.41, 5.74) is 2.71. The third-order valence-electron chi connectivity index (χ3n) is 5.31. The number of anilines is 1. The number of amides is 1. The van der Waals surface area contributed by atoms with Crippen molar-refractivity contribution in [2.45, 2.75) is 51.5 Å². The van der Waals surface area contributed by atoms with E-state index in [-0.39, 0.29) is 17.6 Å². The van der Waals surface area contributed by atoms with E-state index in [0.29, 0.717) is 18.2 Å². The van der Waals surface area contributed by atoms with E-state index in [4.69, 9.17) is 4.74 Å². The van der Waals surface area contributed by atoms with E-state index in [0.717, 1.165) is 49.1 Å². The van der Waals surface area contributed by atoms with E-state index in [9.17, 15) is 9.59 Å². The fourth-order valence-electron chi connectivity index (χ4n) is 3.69. The normalized spacial score (nSPS) is 23.5. The summed E-state index contributed by atoms with van der Waals surface area (Å²) >= 11 is 0. The zero-order valence-corrected chi connectivity index (χ0v) is 14.9. The molecule has 25 heavy (non-hydrogen) atoms. The Hall–Kier alpha value is -2.30. The van der Waals surface area contributed by atoms with Gasteiger partial charge in [-0.3, -0.25) is 9.59 Å². The molecular weight excluding hydrogens is 316 g/mol. The summed E-state index contributed by atoms with van der Waals surface area (Å²) in [6, 6.07) is 7.84. The highest BCUT2D eigenvalue weighted by Gasteiger charge is 2.28. The molecule has 3 rings (SSSR count). The van der Waals surface area contributed by atoms with Crippen LogP contribution in [0.25, 0.3) is 0 Å². The first kappa shape index (κ1) is 17.5. The van der Waals surface area contributed by atoms with Crippen molar-refractivity contribution in [3.8, 4) is 5.75 Å². The minimum absolute atomic E-state index is 0.0308. The Morgan fingerprint density at radius 3 is 2.48 bits per heavy atom. The number of para-hydroxylation sites is 2. The molecule has 0 bridgehead atoms. The smallest absolute Gasteiger partial charge is 0.227 e. The SMILES string of the molecule is COc1ccccc1NC(=O)C1CCC(NC2=C(C)C(=O)CC2)CC1. The molecule has 5 heteroatoms. The van der Waals surface area contributed by atoms with Crippen LogP contribution in [0.1, 0.15) is 45.4 Å². The number of ketones is 1. The van der Waals surface area contributed by atoms with Gasteiger partial charge in [-0.05, 0) is 51.2 Å². The topological polar surface area (TPSA) is 67.4 Å². The van der Waals surface area contributed by atoms with E-state index in [2.05, 4.69) is 10.6 Å². The van der Waals surface area contributed by atoms with E-state index in [1.807, 2.05) is 31.2 Å². The Kier molecular flexibility index (Phi) is 5.41. The van der Waals surface area contributed by atoms with Gasteiger partial charge in [0.05, 0.1) is 12.8 Å². The maximum atomic E-state index is 12.5. The molecule has 1 fully saturated rings. The second-order valence-electron chi connectivity index (χ2n) is 6.91. The largest absolute Gasteiger partial charge is 0.495 e. The van der Waals surface area contributed by atoms with Crippen molar-refractivity contribution in [3.63, 3.8) is 0 Å². The molecule has 0 spiro atoms. The molecule has 2 aliphatic carbocycles. The van der Waals surface area contributed by atoms with Gasteiger partial charge in [0.2, 0.25) is 5.91 Å². The van der Waals surface area contributed by atoms with Crippen molar-refractivity contribution in [2.24, 2.45) is 5.92 Å². The van der Waals surface area contributed by atoms with Crippen LogP contribution in [-0.2, 0) is 9.59 Å². The Morgan fingerprint density at radius 1 is 1.12 bits per heavy atom. The van der Waals surface area contributed by atoms with E-state index in [1.165, 1.54) is 0 Å². The first-order valence-corrected chi connectivity index (χ1v) is 9.02. The number of benzene rings is 1. The molecular formula is C20H26N2O3.